The number of cyclic esters (lactones) is 1. The summed E-state index contributed by atoms with van der Waals surface area (Å²) in [5.41, 5.74) is -0.892. The molecule has 0 aromatic carbocycles. The van der Waals surface area contributed by atoms with Crippen LogP contribution in [0.1, 0.15) is 208 Å². The van der Waals surface area contributed by atoms with Crippen LogP contribution in [0.2, 0.25) is 0 Å². The zero-order valence-corrected chi connectivity index (χ0v) is 57.5. The maximum absolute atomic E-state index is 12.6. The molecule has 17 rings (SSSR count). The molecule has 14 N–H and O–H groups in total. The molecule has 0 radical (unpaired) electrons. The minimum absolute atomic E-state index is 0. The number of ether oxygens (including phenoxy) is 7. The first-order valence-electron chi connectivity index (χ1n) is 38.8. The Morgan fingerprint density at radius 1 is 0.458 bits per heavy atom. The van der Waals surface area contributed by atoms with Crippen molar-refractivity contribution < 1.29 is 68.6 Å². The largest absolute Gasteiger partial charge is 0.458 e. The van der Waals surface area contributed by atoms with Gasteiger partial charge in [-0.1, -0.05) is 65.2 Å². The van der Waals surface area contributed by atoms with Gasteiger partial charge in [0, 0.05) is 30.8 Å². The Morgan fingerprint density at radius 3 is 1.24 bits per heavy atom. The predicted octanol–water partition coefficient (Wildman–Crippen LogP) is 3.37. The highest BCUT2D eigenvalue weighted by Gasteiger charge is 2.71. The molecule has 96 heavy (non-hydrogen) atoms. The smallest absolute Gasteiger partial charge is 0.331 e. The van der Waals surface area contributed by atoms with Gasteiger partial charge in [0.25, 0.3) is 0 Å². The highest BCUT2D eigenvalue weighted by Crippen LogP contribution is 2.70. The quantitative estimate of drug-likeness (QED) is 0.0988. The highest BCUT2D eigenvalue weighted by atomic mass is 28.1. The van der Waals surface area contributed by atoms with Crippen molar-refractivity contribution in [1.29, 1.82) is 0 Å². The number of hydrogen-bond acceptors (Lipinski definition) is 22. The Hall–Kier alpha value is -1.37. The normalized spacial score (nSPS) is 55.8. The lowest BCUT2D eigenvalue weighted by Crippen LogP contribution is -2.67. The van der Waals surface area contributed by atoms with Gasteiger partial charge in [0.15, 0.2) is 18.9 Å². The first-order chi connectivity index (χ1) is 45.8. The van der Waals surface area contributed by atoms with Gasteiger partial charge in [0.2, 0.25) is 0 Å². The second-order valence-corrected chi connectivity index (χ2v) is 34.4. The van der Waals surface area contributed by atoms with Crippen LogP contribution in [-0.4, -0.2) is 195 Å². The first kappa shape index (κ1) is 70.3. The number of hydrogen-bond donors (Lipinski definition) is 14. The van der Waals surface area contributed by atoms with Crippen molar-refractivity contribution in [1.82, 2.24) is 42.5 Å². The third-order valence-corrected chi connectivity index (χ3v) is 29.7. The van der Waals surface area contributed by atoms with Crippen molar-refractivity contribution in [3.05, 3.63) is 11.6 Å². The van der Waals surface area contributed by atoms with Gasteiger partial charge in [0.1, 0.15) is 24.9 Å². The van der Waals surface area contributed by atoms with E-state index in [9.17, 15) is 35.4 Å². The fraction of sp³-hybridized carbons (Fsp3) is 0.959. The molecule has 22 nitrogen and oxygen atoms in total. The summed E-state index contributed by atoms with van der Waals surface area (Å²) in [5.74, 6) is 6.17. The van der Waals surface area contributed by atoms with Crippen LogP contribution in [0.4, 0.5) is 0 Å². The van der Waals surface area contributed by atoms with Crippen molar-refractivity contribution >= 4 is 16.9 Å². The molecular weight excluding hydrogens is 1240 g/mol. The van der Waals surface area contributed by atoms with Crippen LogP contribution in [0.15, 0.2) is 11.6 Å². The summed E-state index contributed by atoms with van der Waals surface area (Å²) in [6, 6.07) is 0. The van der Waals surface area contributed by atoms with Gasteiger partial charge < -0.3 is 63.8 Å². The number of carbonyl (C=O) groups is 1. The molecule has 9 aliphatic heterocycles. The van der Waals surface area contributed by atoms with E-state index in [4.69, 9.17) is 33.2 Å². The van der Waals surface area contributed by atoms with E-state index >= 15 is 0 Å². The number of esters is 1. The molecule has 0 spiro atoms. The van der Waals surface area contributed by atoms with Crippen molar-refractivity contribution in [2.24, 2.45) is 81.8 Å². The Balaban J connectivity index is 0.000000163. The van der Waals surface area contributed by atoms with Gasteiger partial charge in [-0.15, -0.1) is 0 Å². The second kappa shape index (κ2) is 28.3. The van der Waals surface area contributed by atoms with Crippen LogP contribution < -0.4 is 42.5 Å². The second-order valence-electron chi connectivity index (χ2n) is 34.4. The van der Waals surface area contributed by atoms with E-state index in [0.717, 1.165) is 91.4 Å². The number of aliphatic hydroxyl groups is 6. The van der Waals surface area contributed by atoms with Gasteiger partial charge in [-0.25, -0.2) is 4.79 Å². The van der Waals surface area contributed by atoms with Crippen LogP contribution >= 0.6 is 0 Å². The SMILES string of the molecule is C1CCC2C3NC(NC4NC(NC5NC(NC6NC(N3)C3CCCCC63)C3CCCCC53)C3CCCCC43)C2C1.C[C@H]1O[C@@H](O[C@H]2[C@@H](O)C[C@H](O[C@H]3[C@@H](O)C[C@H](O[C@H]4CC[C@@]5(C)[C@H](CC[C@@H]6[C@@H]5C[C@@H](O)[C@]5(C)[C@@H](C7=CC(=O)OC7)CC[C@]65O)C4)O[C@@H]3C)O[C@@H]2C)C[C@H](O)[C@@H]1O.[SiH4]. The van der Waals surface area contributed by atoms with Gasteiger partial charge in [-0.3, -0.25) is 42.5 Å². The summed E-state index contributed by atoms with van der Waals surface area (Å²) in [6.45, 7) is 9.90. The first-order valence-corrected chi connectivity index (χ1v) is 38.8. The number of rotatable bonds is 7. The van der Waals surface area contributed by atoms with E-state index in [1.165, 1.54) is 103 Å². The number of fused-ring (bicyclic) bond motifs is 25. The summed E-state index contributed by atoms with van der Waals surface area (Å²) in [6.07, 6.45) is 24.1. The van der Waals surface area contributed by atoms with E-state index in [0.29, 0.717) is 68.1 Å². The van der Waals surface area contributed by atoms with Crippen LogP contribution in [-0.2, 0) is 38.0 Å². The van der Waals surface area contributed by atoms with Crippen molar-refractivity contribution in [3.63, 3.8) is 0 Å². The summed E-state index contributed by atoms with van der Waals surface area (Å²) >= 11 is 0. The predicted molar refractivity (Wildman–Crippen MR) is 361 cm³/mol. The minimum Gasteiger partial charge on any atom is -0.458 e. The summed E-state index contributed by atoms with van der Waals surface area (Å²) in [7, 11) is 0. The maximum Gasteiger partial charge on any atom is 0.331 e. The van der Waals surface area contributed by atoms with E-state index in [1.54, 1.807) is 19.9 Å². The monoisotopic (exact) mass is 1360 g/mol. The Labute approximate surface area is 574 Å². The summed E-state index contributed by atoms with van der Waals surface area (Å²) in [4.78, 5) is 11.9. The maximum atomic E-state index is 12.6. The molecular formula is C73H124N8O14Si. The molecule has 29 atom stereocenters. The molecule has 9 heterocycles. The topological polar surface area (TPSA) is 299 Å². The molecule has 23 heteroatoms. The Bertz CT molecular complexity index is 2490. The van der Waals surface area contributed by atoms with Crippen LogP contribution in [0.5, 0.6) is 0 Å². The molecule has 8 saturated heterocycles. The fourth-order valence-electron chi connectivity index (χ4n) is 24.7. The standard InChI is InChI=1S/C41H64O14.C32H56N8.H4Si/c1-19-36(47)28(42)15-34(50-19)54-38-21(3)52-35(17-30(38)44)55-37-20(2)51-33(16-29(37)43)53-24-8-10-39(4)23(13-24)6-7-26-27(39)14-31(45)40(5)25(9-11-41(26,40)48)22-12-32(46)49-18-22;1-2-10-18-17(9-1)25-33-26(18)38-28-21-13-5-6-14-22(21)30(35-28)40-32-24-16-8-7-15-23(24)31(36-32)39-29-20-12-4-3-11-19(20)27(34-29)37-25;/h12,19-21,23-31,33-38,42-45,47-48H,6-11,13-18H2,1-5H3;17-40H,1-16H2;1H4/t19-,20-,21-,23-,24+,25-,26-,27+,28+,29+,30+,31-,33+,34+,35+,36-,37-,38-,39+,40+,41+;;/m1../s1. The number of nitrogens with one attached hydrogen (secondary N) is 8. The van der Waals surface area contributed by atoms with Crippen LogP contribution in [0.3, 0.4) is 0 Å². The molecule has 8 unspecified atom stereocenters. The Morgan fingerprint density at radius 2 is 0.854 bits per heavy atom. The molecule has 544 valence electrons. The van der Waals surface area contributed by atoms with Gasteiger partial charge in [-0.2, -0.15) is 0 Å². The van der Waals surface area contributed by atoms with Crippen LogP contribution in [0.25, 0.3) is 0 Å². The fourth-order valence-corrected chi connectivity index (χ4v) is 24.7. The van der Waals surface area contributed by atoms with Crippen LogP contribution in [0, 0.1) is 81.8 Å². The van der Waals surface area contributed by atoms with Gasteiger partial charge >= 0.3 is 5.97 Å². The molecule has 17 aliphatic rings. The van der Waals surface area contributed by atoms with E-state index < -0.39 is 90.9 Å². The molecule has 8 aliphatic carbocycles. The van der Waals surface area contributed by atoms with Gasteiger partial charge in [0.05, 0.1) is 104 Å². The average molecular weight is 1370 g/mol. The molecule has 0 aromatic heterocycles. The number of aliphatic hydroxyl groups excluding tert-OH is 5. The van der Waals surface area contributed by atoms with Crippen molar-refractivity contribution in [2.45, 2.75) is 349 Å². The third kappa shape index (κ3) is 12.7. The minimum atomic E-state index is -1.01. The molecule has 0 amide bonds. The van der Waals surface area contributed by atoms with Crippen molar-refractivity contribution in [3.8, 4) is 0 Å². The lowest BCUT2D eigenvalue weighted by atomic mass is 9.42. The highest BCUT2D eigenvalue weighted by molar-refractivity contribution is 5.85. The molecule has 0 aromatic rings. The van der Waals surface area contributed by atoms with E-state index in [-0.39, 0.29) is 72.1 Å². The average Bonchev–Trinajstić information content (AvgIpc) is 1.39. The lowest BCUT2D eigenvalue weighted by molar-refractivity contribution is -0.336. The van der Waals surface area contributed by atoms with Crippen molar-refractivity contribution in [2.75, 3.05) is 6.61 Å². The zero-order chi connectivity index (χ0) is 65.4. The van der Waals surface area contributed by atoms with Gasteiger partial charge in [-0.05, 0) is 216 Å². The summed E-state index contributed by atoms with van der Waals surface area (Å²) in [5, 5.41) is 101. The molecule has 8 bridgehead atoms. The summed E-state index contributed by atoms with van der Waals surface area (Å²) < 4.78 is 42.1. The third-order valence-electron chi connectivity index (χ3n) is 29.7. The molecule has 16 fully saturated rings. The van der Waals surface area contributed by atoms with E-state index in [2.05, 4.69) is 49.5 Å². The van der Waals surface area contributed by atoms with E-state index in [1.807, 2.05) is 13.8 Å². The Kier molecular flexibility index (Phi) is 20.7. The zero-order valence-electron chi connectivity index (χ0n) is 57.5. The number of carbonyl (C=O) groups excluding carboxylic acids is 1. The molecule has 8 saturated carbocycles. The lowest BCUT2D eigenvalue weighted by Gasteiger charge is -2.65.